The zero-order valence-electron chi connectivity index (χ0n) is 14.4. The molecule has 0 radical (unpaired) electrons. The van der Waals surface area contributed by atoms with Crippen molar-refractivity contribution in [1.82, 2.24) is 9.80 Å². The lowest BCUT2D eigenvalue weighted by Gasteiger charge is -2.31. The molecule has 0 bridgehead atoms. The number of fused-ring (bicyclic) bond motifs is 1. The van der Waals surface area contributed by atoms with Crippen LogP contribution in [-0.2, 0) is 14.6 Å². The third-order valence-electron chi connectivity index (χ3n) is 5.63. The Labute approximate surface area is 144 Å². The number of hydrogen-bond acceptors (Lipinski definition) is 4. The second kappa shape index (κ2) is 6.84. The first-order chi connectivity index (χ1) is 11.4. The van der Waals surface area contributed by atoms with E-state index in [1.54, 1.807) is 24.3 Å². The highest BCUT2D eigenvalue weighted by molar-refractivity contribution is 7.91. The highest BCUT2D eigenvalue weighted by Gasteiger charge is 2.41. The van der Waals surface area contributed by atoms with Crippen molar-refractivity contribution in [3.8, 4) is 0 Å². The predicted molar refractivity (Wildman–Crippen MR) is 93.4 cm³/mol. The summed E-state index contributed by atoms with van der Waals surface area (Å²) in [4.78, 5) is 16.3. The number of rotatable bonds is 5. The van der Waals surface area contributed by atoms with Crippen LogP contribution in [0.3, 0.4) is 0 Å². The number of hydrogen-bond donors (Lipinski definition) is 0. The van der Waals surface area contributed by atoms with Crippen LogP contribution in [0.1, 0.15) is 19.3 Å². The maximum Gasteiger partial charge on any atom is 0.222 e. The molecule has 2 fully saturated rings. The fraction of sp³-hybridized carbons (Fsp3) is 0.611. The van der Waals surface area contributed by atoms with Gasteiger partial charge in [0, 0.05) is 32.6 Å². The molecule has 1 saturated heterocycles. The number of benzene rings is 1. The number of likely N-dealkylation sites (tertiary alicyclic amines) is 1. The highest BCUT2D eigenvalue weighted by atomic mass is 32.2. The molecule has 3 rings (SSSR count). The average Bonchev–Trinajstić information content (AvgIpc) is 2.97. The standard InChI is InChI=1S/C18H26N2O3S/c1-19(8-9-24(22,23)17-6-4-3-5-7-17)16-10-14-12-18(21)20(2)13-15(14)11-16/h3-7,14-16H,8-13H2,1-2H3/t14-,15+,16-/m0/s1. The van der Waals surface area contributed by atoms with Gasteiger partial charge in [0.1, 0.15) is 0 Å². The lowest BCUT2D eigenvalue weighted by Crippen LogP contribution is -2.39. The van der Waals surface area contributed by atoms with Gasteiger partial charge >= 0.3 is 0 Å². The van der Waals surface area contributed by atoms with E-state index in [0.717, 1.165) is 19.4 Å². The minimum absolute atomic E-state index is 0.137. The summed E-state index contributed by atoms with van der Waals surface area (Å²) < 4.78 is 24.8. The fourth-order valence-electron chi connectivity index (χ4n) is 4.04. The van der Waals surface area contributed by atoms with Gasteiger partial charge in [-0.25, -0.2) is 8.42 Å². The van der Waals surface area contributed by atoms with Gasteiger partial charge in [-0.1, -0.05) is 18.2 Å². The van der Waals surface area contributed by atoms with Crippen LogP contribution in [-0.4, -0.2) is 63.1 Å². The summed E-state index contributed by atoms with van der Waals surface area (Å²) in [7, 11) is 0.653. The molecule has 24 heavy (non-hydrogen) atoms. The molecule has 1 aromatic rings. The molecule has 1 saturated carbocycles. The summed E-state index contributed by atoms with van der Waals surface area (Å²) >= 11 is 0. The van der Waals surface area contributed by atoms with Crippen molar-refractivity contribution < 1.29 is 13.2 Å². The van der Waals surface area contributed by atoms with Crippen molar-refractivity contribution in [2.24, 2.45) is 11.8 Å². The third kappa shape index (κ3) is 3.64. The van der Waals surface area contributed by atoms with E-state index >= 15 is 0 Å². The third-order valence-corrected chi connectivity index (χ3v) is 7.34. The Bertz CT molecular complexity index is 689. The molecule has 1 aliphatic carbocycles. The normalized spacial score (nSPS) is 27.5. The average molecular weight is 350 g/mol. The summed E-state index contributed by atoms with van der Waals surface area (Å²) in [6.45, 7) is 1.38. The van der Waals surface area contributed by atoms with Crippen molar-refractivity contribution in [2.75, 3.05) is 32.9 Å². The van der Waals surface area contributed by atoms with Gasteiger partial charge in [-0.3, -0.25) is 4.79 Å². The molecule has 0 unspecified atom stereocenters. The maximum atomic E-state index is 12.4. The van der Waals surface area contributed by atoms with Crippen molar-refractivity contribution in [3.05, 3.63) is 30.3 Å². The van der Waals surface area contributed by atoms with E-state index in [1.165, 1.54) is 0 Å². The molecular formula is C18H26N2O3S. The van der Waals surface area contributed by atoms with Gasteiger partial charge in [0.25, 0.3) is 0 Å². The Morgan fingerprint density at radius 1 is 1.17 bits per heavy atom. The molecule has 1 amide bonds. The van der Waals surface area contributed by atoms with Crippen LogP contribution >= 0.6 is 0 Å². The van der Waals surface area contributed by atoms with Crippen LogP contribution in [0.25, 0.3) is 0 Å². The largest absolute Gasteiger partial charge is 0.345 e. The van der Waals surface area contributed by atoms with Gasteiger partial charge in [0.05, 0.1) is 10.6 Å². The first-order valence-corrected chi connectivity index (χ1v) is 10.2. The Kier molecular flexibility index (Phi) is 4.97. The van der Waals surface area contributed by atoms with Gasteiger partial charge < -0.3 is 9.80 Å². The molecule has 1 heterocycles. The van der Waals surface area contributed by atoms with Crippen LogP contribution < -0.4 is 0 Å². The fourth-order valence-corrected chi connectivity index (χ4v) is 5.38. The van der Waals surface area contributed by atoms with E-state index in [0.29, 0.717) is 35.7 Å². The van der Waals surface area contributed by atoms with Crippen LogP contribution in [0, 0.1) is 11.8 Å². The number of nitrogens with zero attached hydrogens (tertiary/aromatic N) is 2. The number of amides is 1. The van der Waals surface area contributed by atoms with Crippen molar-refractivity contribution >= 4 is 15.7 Å². The van der Waals surface area contributed by atoms with E-state index in [1.807, 2.05) is 25.1 Å². The molecule has 1 aromatic carbocycles. The highest BCUT2D eigenvalue weighted by Crippen LogP contribution is 2.39. The molecule has 2 aliphatic rings. The number of piperidine rings is 1. The summed E-state index contributed by atoms with van der Waals surface area (Å²) in [5.41, 5.74) is 0. The Hall–Kier alpha value is -1.40. The molecule has 1 aliphatic heterocycles. The molecular weight excluding hydrogens is 324 g/mol. The lowest BCUT2D eigenvalue weighted by atomic mass is 9.88. The van der Waals surface area contributed by atoms with Crippen LogP contribution in [0.5, 0.6) is 0 Å². The zero-order chi connectivity index (χ0) is 17.3. The second-order valence-corrected chi connectivity index (χ2v) is 9.35. The van der Waals surface area contributed by atoms with Gasteiger partial charge in [-0.15, -0.1) is 0 Å². The van der Waals surface area contributed by atoms with Crippen LogP contribution in [0.4, 0.5) is 0 Å². The Morgan fingerprint density at radius 3 is 2.54 bits per heavy atom. The number of carbonyl (C=O) groups is 1. The van der Waals surface area contributed by atoms with Gasteiger partial charge in [-0.05, 0) is 43.9 Å². The first kappa shape index (κ1) is 17.4. The van der Waals surface area contributed by atoms with E-state index in [9.17, 15) is 13.2 Å². The van der Waals surface area contributed by atoms with Crippen molar-refractivity contribution in [1.29, 1.82) is 0 Å². The second-order valence-electron chi connectivity index (χ2n) is 7.24. The molecule has 3 atom stereocenters. The molecule has 132 valence electrons. The first-order valence-electron chi connectivity index (χ1n) is 8.59. The minimum Gasteiger partial charge on any atom is -0.345 e. The lowest BCUT2D eigenvalue weighted by molar-refractivity contribution is -0.134. The number of carbonyl (C=O) groups excluding carboxylic acids is 1. The molecule has 6 heteroatoms. The van der Waals surface area contributed by atoms with E-state index in [2.05, 4.69) is 4.90 Å². The van der Waals surface area contributed by atoms with Crippen molar-refractivity contribution in [2.45, 2.75) is 30.2 Å². The number of sulfone groups is 1. The Morgan fingerprint density at radius 2 is 1.83 bits per heavy atom. The van der Waals surface area contributed by atoms with E-state index in [4.69, 9.17) is 0 Å². The maximum absolute atomic E-state index is 12.4. The molecule has 0 spiro atoms. The smallest absolute Gasteiger partial charge is 0.222 e. The quantitative estimate of drug-likeness (QED) is 0.810. The Balaban J connectivity index is 1.57. The minimum atomic E-state index is -3.23. The van der Waals surface area contributed by atoms with Crippen LogP contribution in [0.2, 0.25) is 0 Å². The zero-order valence-corrected chi connectivity index (χ0v) is 15.2. The molecule has 0 N–H and O–H groups in total. The summed E-state index contributed by atoms with van der Waals surface area (Å²) in [5, 5.41) is 0. The SMILES string of the molecule is CN1C[C@H]2C[C@@H](N(C)CCS(=O)(=O)c3ccccc3)C[C@H]2CC1=O. The summed E-state index contributed by atoms with van der Waals surface area (Å²) in [5.74, 6) is 1.40. The van der Waals surface area contributed by atoms with Crippen LogP contribution in [0.15, 0.2) is 35.2 Å². The monoisotopic (exact) mass is 350 g/mol. The topological polar surface area (TPSA) is 57.7 Å². The van der Waals surface area contributed by atoms with Crippen molar-refractivity contribution in [3.63, 3.8) is 0 Å². The summed E-state index contributed by atoms with van der Waals surface area (Å²) in [6.07, 6.45) is 2.71. The van der Waals surface area contributed by atoms with Gasteiger partial charge in [0.15, 0.2) is 9.84 Å². The molecule has 5 nitrogen and oxygen atoms in total. The summed E-state index contributed by atoms with van der Waals surface area (Å²) in [6, 6.07) is 9.02. The van der Waals surface area contributed by atoms with Gasteiger partial charge in [0.2, 0.25) is 5.91 Å². The van der Waals surface area contributed by atoms with Gasteiger partial charge in [-0.2, -0.15) is 0 Å². The van der Waals surface area contributed by atoms with E-state index in [-0.39, 0.29) is 11.7 Å². The molecule has 0 aromatic heterocycles. The van der Waals surface area contributed by atoms with E-state index < -0.39 is 9.84 Å². The predicted octanol–water partition coefficient (Wildman–Crippen LogP) is 1.65.